The third-order valence-electron chi connectivity index (χ3n) is 3.50. The maximum absolute atomic E-state index is 6.68. The Bertz CT molecular complexity index is 260. The predicted octanol–water partition coefficient (Wildman–Crippen LogP) is 4.99. The third-order valence-corrected chi connectivity index (χ3v) is 12.5. The topological polar surface area (TPSA) is 18.5 Å². The van der Waals surface area contributed by atoms with Crippen molar-refractivity contribution >= 4 is 25.0 Å². The van der Waals surface area contributed by atoms with Gasteiger partial charge in [0.1, 0.15) is 0 Å². The van der Waals surface area contributed by atoms with Gasteiger partial charge >= 0.3 is 8.56 Å². The summed E-state index contributed by atoms with van der Waals surface area (Å²) in [4.78, 5) is 0. The van der Waals surface area contributed by atoms with Crippen LogP contribution < -0.4 is 0 Å². The fourth-order valence-corrected chi connectivity index (χ4v) is 14.2. The lowest BCUT2D eigenvalue weighted by Crippen LogP contribution is -2.60. The molecule has 0 aromatic carbocycles. The molecule has 0 radical (unpaired) electrons. The fraction of sp³-hybridized carbons (Fsp3) is 1.00. The van der Waals surface area contributed by atoms with Crippen LogP contribution in [0.1, 0.15) is 26.7 Å². The van der Waals surface area contributed by atoms with Gasteiger partial charge in [-0.2, -0.15) is 0 Å². The molecule has 0 fully saturated rings. The van der Waals surface area contributed by atoms with Crippen LogP contribution in [0.3, 0.4) is 0 Å². The van der Waals surface area contributed by atoms with E-state index in [4.69, 9.17) is 8.54 Å². The molecular weight excluding hydrogens is 272 g/mol. The van der Waals surface area contributed by atoms with E-state index in [-0.39, 0.29) is 5.22 Å². The maximum atomic E-state index is 6.68. The maximum Gasteiger partial charge on any atom is 0.321 e. The lowest BCUT2D eigenvalue weighted by molar-refractivity contribution is 0.0974. The lowest BCUT2D eigenvalue weighted by Gasteiger charge is -2.48. The number of hydrogen-bond acceptors (Lipinski definition) is 2. The van der Waals surface area contributed by atoms with Gasteiger partial charge in [-0.1, -0.05) is 33.5 Å². The average molecular weight is 307 g/mol. The van der Waals surface area contributed by atoms with E-state index in [1.54, 1.807) is 0 Å². The molecule has 0 N–H and O–H groups in total. The van der Waals surface area contributed by atoms with Crippen LogP contribution in [-0.2, 0) is 8.54 Å². The molecule has 0 aliphatic rings. The molecule has 0 aromatic heterocycles. The molecule has 0 aromatic rings. The zero-order valence-corrected chi connectivity index (χ0v) is 17.2. The molecule has 0 aliphatic carbocycles. The molecule has 0 unspecified atom stereocenters. The van der Waals surface area contributed by atoms with Crippen molar-refractivity contribution in [3.05, 3.63) is 0 Å². The van der Waals surface area contributed by atoms with E-state index in [1.165, 1.54) is 0 Å². The highest BCUT2D eigenvalue weighted by Crippen LogP contribution is 2.35. The van der Waals surface area contributed by atoms with Gasteiger partial charge in [-0.25, -0.2) is 0 Å². The van der Waals surface area contributed by atoms with Crippen molar-refractivity contribution in [3.63, 3.8) is 0 Å². The highest BCUT2D eigenvalue weighted by molar-refractivity contribution is 6.83. The summed E-state index contributed by atoms with van der Waals surface area (Å²) in [5.74, 6) is 0. The summed E-state index contributed by atoms with van der Waals surface area (Å²) in [6.45, 7) is 23.0. The molecule has 0 amide bonds. The standard InChI is InChI=1S/C13H34O2Si3/c1-11-13(12-2,16(3,4)5)14-18(9,10)15-17(6,7)8/h11-12H2,1-10H3. The van der Waals surface area contributed by atoms with Gasteiger partial charge < -0.3 is 8.54 Å². The Balaban J connectivity index is 5.11. The van der Waals surface area contributed by atoms with Gasteiger partial charge in [-0.3, -0.25) is 0 Å². The molecule has 5 heteroatoms. The van der Waals surface area contributed by atoms with Crippen LogP contribution in [0.25, 0.3) is 0 Å². The summed E-state index contributed by atoms with van der Waals surface area (Å²) < 4.78 is 13.0. The average Bonchev–Trinajstić information content (AvgIpc) is 2.08. The van der Waals surface area contributed by atoms with Crippen LogP contribution in [0.15, 0.2) is 0 Å². The van der Waals surface area contributed by atoms with E-state index in [2.05, 4.69) is 66.2 Å². The first-order chi connectivity index (χ1) is 7.79. The van der Waals surface area contributed by atoms with E-state index < -0.39 is 25.0 Å². The molecule has 2 nitrogen and oxygen atoms in total. The van der Waals surface area contributed by atoms with E-state index in [0.29, 0.717) is 0 Å². The quantitative estimate of drug-likeness (QED) is 0.617. The van der Waals surface area contributed by atoms with Gasteiger partial charge in [-0.15, -0.1) is 0 Å². The Morgan fingerprint density at radius 1 is 0.778 bits per heavy atom. The first-order valence-electron chi connectivity index (χ1n) is 7.19. The third kappa shape index (κ3) is 5.29. The van der Waals surface area contributed by atoms with Gasteiger partial charge in [0.15, 0.2) is 8.32 Å². The summed E-state index contributed by atoms with van der Waals surface area (Å²) in [6.07, 6.45) is 2.20. The summed E-state index contributed by atoms with van der Waals surface area (Å²) in [7, 11) is -4.93. The molecule has 0 heterocycles. The summed E-state index contributed by atoms with van der Waals surface area (Å²) >= 11 is 0. The zero-order valence-electron chi connectivity index (χ0n) is 14.2. The Morgan fingerprint density at radius 2 is 1.17 bits per heavy atom. The van der Waals surface area contributed by atoms with E-state index in [0.717, 1.165) is 12.8 Å². The Hall–Kier alpha value is 0.571. The highest BCUT2D eigenvalue weighted by Gasteiger charge is 2.47. The SMILES string of the molecule is CCC(CC)(O[Si](C)(C)O[Si](C)(C)C)[Si](C)(C)C. The lowest BCUT2D eigenvalue weighted by atomic mass is 10.2. The minimum Gasteiger partial charge on any atom is -0.436 e. The second kappa shape index (κ2) is 5.91. The molecule has 0 atom stereocenters. The minimum absolute atomic E-state index is 0.0718. The van der Waals surface area contributed by atoms with Crippen LogP contribution >= 0.6 is 0 Å². The predicted molar refractivity (Wildman–Crippen MR) is 89.7 cm³/mol. The molecule has 0 spiro atoms. The van der Waals surface area contributed by atoms with Crippen molar-refractivity contribution in [2.75, 3.05) is 0 Å². The van der Waals surface area contributed by atoms with Crippen molar-refractivity contribution in [1.82, 2.24) is 0 Å². The highest BCUT2D eigenvalue weighted by atomic mass is 28.4. The Kier molecular flexibility index (Phi) is 6.10. The van der Waals surface area contributed by atoms with E-state index >= 15 is 0 Å². The second-order valence-corrected chi connectivity index (χ2v) is 21.1. The van der Waals surface area contributed by atoms with Crippen LogP contribution in [-0.4, -0.2) is 30.2 Å². The Morgan fingerprint density at radius 3 is 1.39 bits per heavy atom. The normalized spacial score (nSPS) is 15.0. The van der Waals surface area contributed by atoms with Crippen LogP contribution in [0.4, 0.5) is 0 Å². The second-order valence-electron chi connectivity index (χ2n) is 7.67. The van der Waals surface area contributed by atoms with Gasteiger partial charge in [0.05, 0.1) is 8.07 Å². The monoisotopic (exact) mass is 306 g/mol. The first kappa shape index (κ1) is 18.6. The van der Waals surface area contributed by atoms with Gasteiger partial charge in [0.25, 0.3) is 0 Å². The van der Waals surface area contributed by atoms with E-state index in [1.807, 2.05) is 0 Å². The van der Waals surface area contributed by atoms with Crippen LogP contribution in [0.2, 0.25) is 52.4 Å². The fourth-order valence-electron chi connectivity index (χ4n) is 2.84. The summed E-state index contributed by atoms with van der Waals surface area (Å²) in [5.41, 5.74) is 0. The molecular formula is C13H34O2Si3. The largest absolute Gasteiger partial charge is 0.436 e. The van der Waals surface area contributed by atoms with Crippen molar-refractivity contribution in [1.29, 1.82) is 0 Å². The number of hydrogen-bond donors (Lipinski definition) is 0. The molecule has 110 valence electrons. The van der Waals surface area contributed by atoms with Crippen LogP contribution in [0, 0.1) is 0 Å². The smallest absolute Gasteiger partial charge is 0.321 e. The summed E-state index contributed by atoms with van der Waals surface area (Å²) in [6, 6.07) is 0. The van der Waals surface area contributed by atoms with Crippen molar-refractivity contribution in [3.8, 4) is 0 Å². The van der Waals surface area contributed by atoms with Crippen LogP contribution in [0.5, 0.6) is 0 Å². The van der Waals surface area contributed by atoms with Crippen molar-refractivity contribution < 1.29 is 8.54 Å². The Labute approximate surface area is 118 Å². The molecule has 0 bridgehead atoms. The molecule has 0 saturated carbocycles. The van der Waals surface area contributed by atoms with Gasteiger partial charge in [0, 0.05) is 5.22 Å². The summed E-state index contributed by atoms with van der Waals surface area (Å²) in [5, 5.41) is 0.0718. The molecule has 0 rings (SSSR count). The molecule has 18 heavy (non-hydrogen) atoms. The minimum atomic E-state index is -2.03. The number of rotatable bonds is 7. The van der Waals surface area contributed by atoms with Gasteiger partial charge in [-0.05, 0) is 45.6 Å². The molecule has 0 saturated heterocycles. The molecule has 0 aliphatic heterocycles. The zero-order chi connectivity index (χ0) is 14.8. The van der Waals surface area contributed by atoms with Gasteiger partial charge in [0.2, 0.25) is 0 Å². The van der Waals surface area contributed by atoms with Crippen molar-refractivity contribution in [2.45, 2.75) is 84.3 Å². The first-order valence-corrected chi connectivity index (χ1v) is 16.9. The van der Waals surface area contributed by atoms with Crippen molar-refractivity contribution in [2.24, 2.45) is 0 Å². The van der Waals surface area contributed by atoms with E-state index in [9.17, 15) is 0 Å².